The lowest BCUT2D eigenvalue weighted by atomic mass is 10.2. The van der Waals surface area contributed by atoms with Crippen LogP contribution in [0.25, 0.3) is 0 Å². The Morgan fingerprint density at radius 2 is 1.85 bits per heavy atom. The van der Waals surface area contributed by atoms with Crippen molar-refractivity contribution in [3.8, 4) is 0 Å². The molecule has 1 amide bonds. The Hall–Kier alpha value is -0.230. The van der Waals surface area contributed by atoms with Gasteiger partial charge in [0.15, 0.2) is 5.90 Å². The van der Waals surface area contributed by atoms with Crippen molar-refractivity contribution in [3.63, 3.8) is 0 Å². The Labute approximate surface area is 186 Å². The van der Waals surface area contributed by atoms with Gasteiger partial charge in [-0.05, 0) is 26.2 Å². The lowest BCUT2D eigenvalue weighted by Gasteiger charge is -2.10. The Bertz CT molecular complexity index is 423. The molecule has 162 valence electrons. The summed E-state index contributed by atoms with van der Waals surface area (Å²) >= 11 is 16.6. The first kappa shape index (κ1) is 31.5. The van der Waals surface area contributed by atoms with Crippen molar-refractivity contribution in [2.24, 2.45) is 9.98 Å². The third-order valence-electron chi connectivity index (χ3n) is 3.42. The summed E-state index contributed by atoms with van der Waals surface area (Å²) in [6, 6.07) is 0.781. The summed E-state index contributed by atoms with van der Waals surface area (Å²) in [4.78, 5) is 18.7. The number of nitrogens with one attached hydrogen (secondary N) is 1. The summed E-state index contributed by atoms with van der Waals surface area (Å²) in [5.41, 5.74) is 0. The van der Waals surface area contributed by atoms with Gasteiger partial charge >= 0.3 is 0 Å². The zero-order chi connectivity index (χ0) is 20.5. The van der Waals surface area contributed by atoms with Gasteiger partial charge in [0.1, 0.15) is 6.61 Å². The molecule has 1 aliphatic rings. The molecule has 0 aromatic carbocycles. The van der Waals surface area contributed by atoms with Crippen LogP contribution >= 0.6 is 47.2 Å². The monoisotopic (exact) mass is 465 g/mol. The number of carbonyl (C=O) groups excluding carboxylic acids is 1. The van der Waals surface area contributed by atoms with Crippen molar-refractivity contribution in [1.29, 1.82) is 0 Å². The Balaban J connectivity index is -0.000000314. The maximum atomic E-state index is 10.4. The van der Waals surface area contributed by atoms with Crippen LogP contribution in [-0.4, -0.2) is 53.5 Å². The molecule has 1 aliphatic heterocycles. The van der Waals surface area contributed by atoms with E-state index in [1.807, 2.05) is 20.8 Å². The molecule has 0 bridgehead atoms. The summed E-state index contributed by atoms with van der Waals surface area (Å²) in [6.07, 6.45) is 2.94. The van der Waals surface area contributed by atoms with E-state index in [9.17, 15) is 4.79 Å². The summed E-state index contributed by atoms with van der Waals surface area (Å²) in [5.74, 6) is 1.88. The highest BCUT2D eigenvalue weighted by Crippen LogP contribution is 2.06. The Morgan fingerprint density at radius 1 is 1.26 bits per heavy atom. The van der Waals surface area contributed by atoms with Crippen molar-refractivity contribution in [2.45, 2.75) is 78.9 Å². The van der Waals surface area contributed by atoms with E-state index in [0.717, 1.165) is 31.8 Å². The van der Waals surface area contributed by atoms with E-state index in [4.69, 9.17) is 39.5 Å². The van der Waals surface area contributed by atoms with Crippen molar-refractivity contribution in [2.75, 3.05) is 18.4 Å². The number of hydrogen-bond donors (Lipinski definition) is 1. The van der Waals surface area contributed by atoms with E-state index < -0.39 is 0 Å². The molecule has 5 nitrogen and oxygen atoms in total. The van der Waals surface area contributed by atoms with Gasteiger partial charge in [-0.2, -0.15) is 0 Å². The largest absolute Gasteiger partial charge is 0.479 e. The fourth-order valence-corrected chi connectivity index (χ4v) is 2.50. The van der Waals surface area contributed by atoms with Crippen molar-refractivity contribution < 1.29 is 9.53 Å². The molecule has 0 radical (unpaired) electrons. The molecule has 27 heavy (non-hydrogen) atoms. The van der Waals surface area contributed by atoms with Crippen LogP contribution in [0, 0.1) is 0 Å². The molecule has 0 saturated carbocycles. The van der Waals surface area contributed by atoms with Crippen LogP contribution in [0.2, 0.25) is 0 Å². The maximum Gasteiger partial charge on any atom is 0.217 e. The van der Waals surface area contributed by atoms with E-state index in [-0.39, 0.29) is 30.4 Å². The van der Waals surface area contributed by atoms with Gasteiger partial charge in [-0.3, -0.25) is 9.79 Å². The molecule has 0 aromatic rings. The number of carbonyl (C=O) groups is 1. The van der Waals surface area contributed by atoms with Crippen molar-refractivity contribution in [1.82, 2.24) is 5.32 Å². The molecule has 0 spiro atoms. The zero-order valence-corrected chi connectivity index (χ0v) is 20.3. The summed E-state index contributed by atoms with van der Waals surface area (Å²) in [7, 11) is 0. The quantitative estimate of drug-likeness (QED) is 0.401. The summed E-state index contributed by atoms with van der Waals surface area (Å²) in [6.45, 7) is 12.1. The number of ether oxygens (including phenoxy) is 1. The highest BCUT2D eigenvalue weighted by Gasteiger charge is 2.11. The predicted molar refractivity (Wildman–Crippen MR) is 123 cm³/mol. The number of rotatable bonds is 7. The molecular weight excluding hydrogens is 432 g/mol. The Kier molecular flexibility index (Phi) is 23.9. The average molecular weight is 467 g/mol. The second-order valence-corrected chi connectivity index (χ2v) is 6.99. The van der Waals surface area contributed by atoms with E-state index in [1.165, 1.54) is 6.92 Å². The number of alkyl halides is 2. The highest BCUT2D eigenvalue weighted by molar-refractivity contribution is 6.64. The number of aliphatic imine (C=N–C) groups is 2. The minimum Gasteiger partial charge on any atom is -0.479 e. The Morgan fingerprint density at radius 3 is 2.00 bits per heavy atom. The fourth-order valence-electron chi connectivity index (χ4n) is 1.78. The van der Waals surface area contributed by atoms with Crippen LogP contribution in [0.5, 0.6) is 0 Å². The molecule has 1 N–H and O–H groups in total. The molecule has 0 aliphatic carbocycles. The summed E-state index contributed by atoms with van der Waals surface area (Å²) < 4.78 is 5.11. The molecule has 1 heterocycles. The number of halogens is 4. The minimum atomic E-state index is -0.0116. The van der Waals surface area contributed by atoms with E-state index in [2.05, 4.69) is 22.2 Å². The van der Waals surface area contributed by atoms with Crippen LogP contribution in [0.15, 0.2) is 9.98 Å². The van der Waals surface area contributed by atoms with Crippen LogP contribution in [-0.2, 0) is 9.53 Å². The van der Waals surface area contributed by atoms with Crippen molar-refractivity contribution >= 4 is 64.2 Å². The third-order valence-corrected chi connectivity index (χ3v) is 4.24. The van der Waals surface area contributed by atoms with Gasteiger partial charge in [0.2, 0.25) is 5.91 Å². The van der Waals surface area contributed by atoms with Crippen LogP contribution in [0.1, 0.15) is 60.8 Å². The molecule has 3 unspecified atom stereocenters. The molecular formula is C18H35Cl4N3O2. The SMILES string of the molecule is CCC(CCl)N=C(C)Cl.CCC(CCl)NC(C)=O.CCC1COC(C)=N1.Cl. The van der Waals surface area contributed by atoms with Gasteiger partial charge in [0.05, 0.1) is 17.3 Å². The molecule has 0 aromatic heterocycles. The maximum absolute atomic E-state index is 10.4. The topological polar surface area (TPSA) is 63.0 Å². The molecule has 1 rings (SSSR count). The molecule has 0 saturated heterocycles. The standard InChI is InChI=1S/C6H11Cl2N.C6H12ClNO.C6H11NO.ClH/c1-3-6(4-7)9-5(2)8;1-3-6(4-7)8-5(2)9;1-3-6-4-8-5(2)7-6;/h6H,3-4H2,1-2H3;6H,3-4H2,1-2H3,(H,8,9);6H,3-4H2,1-2H3;1H. The van der Waals surface area contributed by atoms with Gasteiger partial charge in [0.25, 0.3) is 0 Å². The third kappa shape index (κ3) is 20.3. The second kappa shape index (κ2) is 20.5. The fraction of sp³-hybridized carbons (Fsp3) is 0.833. The van der Waals surface area contributed by atoms with Crippen molar-refractivity contribution in [3.05, 3.63) is 0 Å². The lowest BCUT2D eigenvalue weighted by Crippen LogP contribution is -2.33. The smallest absolute Gasteiger partial charge is 0.217 e. The molecule has 9 heteroatoms. The number of hydrogen-bond acceptors (Lipinski definition) is 4. The van der Waals surface area contributed by atoms with Gasteiger partial charge in [0, 0.05) is 31.6 Å². The highest BCUT2D eigenvalue weighted by atomic mass is 35.5. The lowest BCUT2D eigenvalue weighted by molar-refractivity contribution is -0.119. The zero-order valence-electron chi connectivity index (χ0n) is 17.2. The predicted octanol–water partition coefficient (Wildman–Crippen LogP) is 5.44. The summed E-state index contributed by atoms with van der Waals surface area (Å²) in [5, 5.41) is 3.29. The number of nitrogens with zero attached hydrogens (tertiary/aromatic N) is 2. The first-order valence-electron chi connectivity index (χ1n) is 8.99. The van der Waals surface area contributed by atoms with E-state index in [1.54, 1.807) is 6.92 Å². The van der Waals surface area contributed by atoms with Crippen LogP contribution < -0.4 is 5.32 Å². The van der Waals surface area contributed by atoms with Gasteiger partial charge < -0.3 is 10.1 Å². The van der Waals surface area contributed by atoms with Crippen LogP contribution in [0.4, 0.5) is 0 Å². The van der Waals surface area contributed by atoms with Crippen LogP contribution in [0.3, 0.4) is 0 Å². The number of amides is 1. The second-order valence-electron chi connectivity index (χ2n) is 5.82. The first-order valence-corrected chi connectivity index (χ1v) is 10.4. The average Bonchev–Trinajstić information content (AvgIpc) is 3.03. The van der Waals surface area contributed by atoms with Gasteiger partial charge in [-0.25, -0.2) is 4.99 Å². The minimum absolute atomic E-state index is 0. The van der Waals surface area contributed by atoms with E-state index >= 15 is 0 Å². The first-order chi connectivity index (χ1) is 12.2. The normalized spacial score (nSPS) is 17.6. The van der Waals surface area contributed by atoms with Gasteiger partial charge in [-0.1, -0.05) is 32.4 Å². The van der Waals surface area contributed by atoms with E-state index in [0.29, 0.717) is 23.0 Å². The van der Waals surface area contributed by atoms with Gasteiger partial charge in [-0.15, -0.1) is 35.6 Å². The molecule has 0 fully saturated rings. The molecule has 3 atom stereocenters.